The molecule has 2 heterocycles. The van der Waals surface area contributed by atoms with E-state index in [0.29, 0.717) is 11.3 Å². The number of aryl methyl sites for hydroxylation is 1. The number of rotatable bonds is 2. The number of para-hydroxylation sites is 1. The van der Waals surface area contributed by atoms with Crippen molar-refractivity contribution in [2.24, 2.45) is 11.0 Å². The fourth-order valence-electron chi connectivity index (χ4n) is 2.69. The Balaban J connectivity index is 2.13. The minimum atomic E-state index is -0.517. The number of carbonyl (C=O) groups is 1. The number of carbonyl (C=O) groups excluding carboxylic acids is 1. The third-order valence-corrected chi connectivity index (χ3v) is 3.74. The SMILES string of the molecule is Cc1[nH]n(-c2ccccc2)c(=O)c1C1C(=O)NN=CC1C. The Morgan fingerprint density at radius 1 is 1.19 bits per heavy atom. The summed E-state index contributed by atoms with van der Waals surface area (Å²) in [5.74, 6) is -0.884. The zero-order chi connectivity index (χ0) is 15.0. The molecule has 1 aliphatic heterocycles. The van der Waals surface area contributed by atoms with Gasteiger partial charge in [0.05, 0.1) is 17.2 Å². The first-order valence-electron chi connectivity index (χ1n) is 6.79. The molecule has 21 heavy (non-hydrogen) atoms. The van der Waals surface area contributed by atoms with Gasteiger partial charge in [-0.15, -0.1) is 0 Å². The van der Waals surface area contributed by atoms with Crippen molar-refractivity contribution in [3.05, 3.63) is 51.9 Å². The van der Waals surface area contributed by atoms with Crippen molar-refractivity contribution in [3.8, 4) is 5.69 Å². The first-order valence-corrected chi connectivity index (χ1v) is 6.79. The maximum Gasteiger partial charge on any atom is 0.275 e. The number of nitrogens with one attached hydrogen (secondary N) is 2. The van der Waals surface area contributed by atoms with Crippen LogP contribution in [0.3, 0.4) is 0 Å². The summed E-state index contributed by atoms with van der Waals surface area (Å²) < 4.78 is 1.47. The van der Waals surface area contributed by atoms with E-state index in [1.54, 1.807) is 6.21 Å². The average molecular weight is 284 g/mol. The van der Waals surface area contributed by atoms with Crippen LogP contribution in [0, 0.1) is 12.8 Å². The summed E-state index contributed by atoms with van der Waals surface area (Å²) in [6, 6.07) is 9.29. The van der Waals surface area contributed by atoms with Crippen molar-refractivity contribution in [1.29, 1.82) is 0 Å². The van der Waals surface area contributed by atoms with E-state index in [1.807, 2.05) is 44.2 Å². The van der Waals surface area contributed by atoms with Gasteiger partial charge >= 0.3 is 0 Å². The van der Waals surface area contributed by atoms with E-state index in [0.717, 1.165) is 5.69 Å². The summed E-state index contributed by atoms with van der Waals surface area (Å²) in [6.07, 6.45) is 1.66. The van der Waals surface area contributed by atoms with Crippen LogP contribution < -0.4 is 11.0 Å². The van der Waals surface area contributed by atoms with E-state index in [9.17, 15) is 9.59 Å². The summed E-state index contributed by atoms with van der Waals surface area (Å²) in [6.45, 7) is 3.69. The molecular weight excluding hydrogens is 268 g/mol. The van der Waals surface area contributed by atoms with Gasteiger partial charge in [-0.2, -0.15) is 5.10 Å². The Labute approximate surface area is 121 Å². The van der Waals surface area contributed by atoms with Gasteiger partial charge in [0.2, 0.25) is 5.91 Å². The fraction of sp³-hybridized carbons (Fsp3) is 0.267. The standard InChI is InChI=1S/C15H16N4O2/c1-9-8-16-17-14(20)12(9)13-10(2)18-19(15(13)21)11-6-4-3-5-7-11/h3-9,12,18H,1-2H3,(H,17,20). The number of hydrogen-bond donors (Lipinski definition) is 2. The number of H-pyrrole nitrogens is 1. The lowest BCUT2D eigenvalue weighted by molar-refractivity contribution is -0.123. The van der Waals surface area contributed by atoms with Crippen molar-refractivity contribution in [2.45, 2.75) is 19.8 Å². The number of aromatic nitrogens is 2. The minimum Gasteiger partial charge on any atom is -0.295 e. The zero-order valence-corrected chi connectivity index (χ0v) is 11.8. The molecule has 2 N–H and O–H groups in total. The predicted octanol–water partition coefficient (Wildman–Crippen LogP) is 1.31. The summed E-state index contributed by atoms with van der Waals surface area (Å²) in [5.41, 5.74) is 4.18. The molecule has 0 bridgehead atoms. The fourth-order valence-corrected chi connectivity index (χ4v) is 2.69. The first kappa shape index (κ1) is 13.4. The lowest BCUT2D eigenvalue weighted by Crippen LogP contribution is -2.37. The van der Waals surface area contributed by atoms with Crippen LogP contribution in [-0.4, -0.2) is 21.9 Å². The van der Waals surface area contributed by atoms with Gasteiger partial charge < -0.3 is 0 Å². The van der Waals surface area contributed by atoms with Crippen molar-refractivity contribution in [3.63, 3.8) is 0 Å². The number of aromatic amines is 1. The van der Waals surface area contributed by atoms with Crippen LogP contribution >= 0.6 is 0 Å². The van der Waals surface area contributed by atoms with Crippen LogP contribution in [0.2, 0.25) is 0 Å². The normalized spacial score (nSPS) is 21.3. The molecule has 6 nitrogen and oxygen atoms in total. The Hall–Kier alpha value is -2.63. The molecule has 1 aliphatic rings. The smallest absolute Gasteiger partial charge is 0.275 e. The summed E-state index contributed by atoms with van der Waals surface area (Å²) in [5, 5.41) is 6.84. The van der Waals surface area contributed by atoms with E-state index in [1.165, 1.54) is 4.68 Å². The quantitative estimate of drug-likeness (QED) is 0.872. The van der Waals surface area contributed by atoms with Gasteiger partial charge in [-0.1, -0.05) is 25.1 Å². The minimum absolute atomic E-state index is 0.120. The van der Waals surface area contributed by atoms with E-state index < -0.39 is 5.92 Å². The van der Waals surface area contributed by atoms with Crippen LogP contribution in [-0.2, 0) is 4.79 Å². The molecule has 0 fully saturated rings. The maximum absolute atomic E-state index is 12.7. The van der Waals surface area contributed by atoms with Gasteiger partial charge in [0.15, 0.2) is 0 Å². The highest BCUT2D eigenvalue weighted by molar-refractivity contribution is 5.90. The second kappa shape index (κ2) is 5.05. The molecule has 2 atom stereocenters. The summed E-state index contributed by atoms with van der Waals surface area (Å²) in [7, 11) is 0. The Kier molecular flexibility index (Phi) is 3.21. The van der Waals surface area contributed by atoms with Crippen LogP contribution in [0.15, 0.2) is 40.2 Å². The monoisotopic (exact) mass is 284 g/mol. The molecule has 1 aromatic heterocycles. The number of hydrogen-bond acceptors (Lipinski definition) is 3. The zero-order valence-electron chi connectivity index (χ0n) is 11.8. The molecule has 3 rings (SSSR count). The maximum atomic E-state index is 12.7. The third-order valence-electron chi connectivity index (χ3n) is 3.74. The lowest BCUT2D eigenvalue weighted by Gasteiger charge is -2.21. The van der Waals surface area contributed by atoms with Gasteiger partial charge in [0, 0.05) is 17.8 Å². The van der Waals surface area contributed by atoms with E-state index in [2.05, 4.69) is 15.6 Å². The molecule has 0 spiro atoms. The van der Waals surface area contributed by atoms with E-state index in [4.69, 9.17) is 0 Å². The Morgan fingerprint density at radius 3 is 2.57 bits per heavy atom. The van der Waals surface area contributed by atoms with Crippen molar-refractivity contribution < 1.29 is 4.79 Å². The predicted molar refractivity (Wildman–Crippen MR) is 79.7 cm³/mol. The second-order valence-electron chi connectivity index (χ2n) is 5.22. The molecular formula is C15H16N4O2. The molecule has 2 unspecified atom stereocenters. The molecule has 0 radical (unpaired) electrons. The van der Waals surface area contributed by atoms with Crippen LogP contribution in [0.5, 0.6) is 0 Å². The van der Waals surface area contributed by atoms with E-state index in [-0.39, 0.29) is 17.4 Å². The number of amides is 1. The van der Waals surface area contributed by atoms with E-state index >= 15 is 0 Å². The van der Waals surface area contributed by atoms with Gasteiger partial charge in [-0.3, -0.25) is 14.7 Å². The van der Waals surface area contributed by atoms with Crippen LogP contribution in [0.4, 0.5) is 0 Å². The van der Waals surface area contributed by atoms with Crippen molar-refractivity contribution >= 4 is 12.1 Å². The Morgan fingerprint density at radius 2 is 1.90 bits per heavy atom. The number of benzene rings is 1. The molecule has 0 aliphatic carbocycles. The highest BCUT2D eigenvalue weighted by Gasteiger charge is 2.33. The summed E-state index contributed by atoms with van der Waals surface area (Å²) in [4.78, 5) is 24.8. The highest BCUT2D eigenvalue weighted by Crippen LogP contribution is 2.26. The molecule has 0 saturated carbocycles. The molecule has 0 saturated heterocycles. The number of nitrogens with zero attached hydrogens (tertiary/aromatic N) is 2. The molecule has 1 amide bonds. The largest absolute Gasteiger partial charge is 0.295 e. The van der Waals surface area contributed by atoms with Crippen molar-refractivity contribution in [1.82, 2.24) is 15.2 Å². The molecule has 1 aromatic carbocycles. The van der Waals surface area contributed by atoms with Gasteiger partial charge in [-0.05, 0) is 19.1 Å². The highest BCUT2D eigenvalue weighted by atomic mass is 16.2. The average Bonchev–Trinajstić information content (AvgIpc) is 2.76. The molecule has 108 valence electrons. The van der Waals surface area contributed by atoms with Gasteiger partial charge in [0.25, 0.3) is 5.56 Å². The third kappa shape index (κ3) is 2.18. The van der Waals surface area contributed by atoms with Crippen molar-refractivity contribution in [2.75, 3.05) is 0 Å². The van der Waals surface area contributed by atoms with Gasteiger partial charge in [-0.25, -0.2) is 10.1 Å². The molecule has 2 aromatic rings. The van der Waals surface area contributed by atoms with Crippen LogP contribution in [0.1, 0.15) is 24.1 Å². The first-order chi connectivity index (χ1) is 10.1. The lowest BCUT2D eigenvalue weighted by atomic mass is 9.86. The summed E-state index contributed by atoms with van der Waals surface area (Å²) >= 11 is 0. The molecule has 6 heteroatoms. The number of hydrazone groups is 1. The van der Waals surface area contributed by atoms with Crippen LogP contribution in [0.25, 0.3) is 5.69 Å². The topological polar surface area (TPSA) is 79.2 Å². The van der Waals surface area contributed by atoms with Gasteiger partial charge in [0.1, 0.15) is 0 Å². The Bertz CT molecular complexity index is 758. The second-order valence-corrected chi connectivity index (χ2v) is 5.22.